The van der Waals surface area contributed by atoms with Gasteiger partial charge in [-0.2, -0.15) is 0 Å². The third-order valence-electron chi connectivity index (χ3n) is 4.55. The van der Waals surface area contributed by atoms with Crippen molar-refractivity contribution in [2.45, 2.75) is 26.0 Å². The normalized spacial score (nSPS) is 11.4. The van der Waals surface area contributed by atoms with Crippen molar-refractivity contribution in [3.8, 4) is 11.5 Å². The molecule has 1 amide bonds. The molecule has 0 saturated heterocycles. The maximum atomic E-state index is 12.2. The first-order valence-corrected chi connectivity index (χ1v) is 9.83. The van der Waals surface area contributed by atoms with E-state index in [2.05, 4.69) is 5.32 Å². The van der Waals surface area contributed by atoms with Gasteiger partial charge in [-0.15, -0.1) is 0 Å². The molecule has 5 nitrogen and oxygen atoms in total. The molecule has 154 valence electrons. The van der Waals surface area contributed by atoms with Crippen LogP contribution in [0.3, 0.4) is 0 Å². The monoisotopic (exact) mass is 403 g/mol. The largest absolute Gasteiger partial charge is 0.489 e. The van der Waals surface area contributed by atoms with Crippen LogP contribution in [0.1, 0.15) is 18.1 Å². The summed E-state index contributed by atoms with van der Waals surface area (Å²) in [5, 5.41) is 2.75. The number of rotatable bonds is 10. The standard InChI is InChI=1S/C25H25NO4/c1-19(27)24(16-20-8-4-2-5-9-20)26-25(28)18-30-23-14-12-22(13-15-23)29-17-21-10-6-3-7-11-21/h2-15,24H,16-18H2,1H3,(H,26,28)/t24-/m0/s1. The first kappa shape index (κ1) is 21.1. The summed E-state index contributed by atoms with van der Waals surface area (Å²) in [6, 6.07) is 26.0. The van der Waals surface area contributed by atoms with Crippen LogP contribution in [-0.4, -0.2) is 24.3 Å². The average Bonchev–Trinajstić information content (AvgIpc) is 2.78. The van der Waals surface area contributed by atoms with E-state index in [4.69, 9.17) is 9.47 Å². The van der Waals surface area contributed by atoms with Gasteiger partial charge in [0.2, 0.25) is 0 Å². The first-order chi connectivity index (χ1) is 14.6. The van der Waals surface area contributed by atoms with Gasteiger partial charge < -0.3 is 14.8 Å². The molecule has 30 heavy (non-hydrogen) atoms. The highest BCUT2D eigenvalue weighted by molar-refractivity contribution is 5.88. The molecule has 0 bridgehead atoms. The molecule has 0 aromatic heterocycles. The van der Waals surface area contributed by atoms with Crippen LogP contribution in [0, 0.1) is 0 Å². The zero-order valence-electron chi connectivity index (χ0n) is 16.9. The number of hydrogen-bond donors (Lipinski definition) is 1. The van der Waals surface area contributed by atoms with Gasteiger partial charge in [0.1, 0.15) is 18.1 Å². The number of Topliss-reactive ketones (excluding diaryl/α,β-unsaturated/α-hetero) is 1. The van der Waals surface area contributed by atoms with E-state index >= 15 is 0 Å². The van der Waals surface area contributed by atoms with E-state index in [1.807, 2.05) is 60.7 Å². The second-order valence-electron chi connectivity index (χ2n) is 6.95. The molecule has 3 rings (SSSR count). The molecular formula is C25H25NO4. The number of nitrogens with one attached hydrogen (secondary N) is 1. The van der Waals surface area contributed by atoms with Gasteiger partial charge in [0, 0.05) is 0 Å². The highest BCUT2D eigenvalue weighted by Gasteiger charge is 2.17. The first-order valence-electron chi connectivity index (χ1n) is 9.83. The second-order valence-corrected chi connectivity index (χ2v) is 6.95. The van der Waals surface area contributed by atoms with Crippen LogP contribution in [-0.2, 0) is 22.6 Å². The van der Waals surface area contributed by atoms with Crippen molar-refractivity contribution >= 4 is 11.7 Å². The zero-order valence-corrected chi connectivity index (χ0v) is 16.9. The molecule has 0 radical (unpaired) electrons. The maximum absolute atomic E-state index is 12.2. The summed E-state index contributed by atoms with van der Waals surface area (Å²) < 4.78 is 11.3. The molecule has 0 fully saturated rings. The molecular weight excluding hydrogens is 378 g/mol. The van der Waals surface area contributed by atoms with E-state index in [1.165, 1.54) is 6.92 Å². The van der Waals surface area contributed by atoms with Crippen LogP contribution >= 0.6 is 0 Å². The Labute approximate surface area is 176 Å². The van der Waals surface area contributed by atoms with E-state index < -0.39 is 6.04 Å². The molecule has 0 saturated carbocycles. The zero-order chi connectivity index (χ0) is 21.2. The van der Waals surface area contributed by atoms with Crippen LogP contribution in [0.2, 0.25) is 0 Å². The molecule has 0 aliphatic rings. The fourth-order valence-corrected chi connectivity index (χ4v) is 2.90. The highest BCUT2D eigenvalue weighted by atomic mass is 16.5. The van der Waals surface area contributed by atoms with Crippen molar-refractivity contribution in [2.24, 2.45) is 0 Å². The predicted octanol–water partition coefficient (Wildman–Crippen LogP) is 3.96. The van der Waals surface area contributed by atoms with Crippen molar-refractivity contribution in [2.75, 3.05) is 6.61 Å². The number of hydrogen-bond acceptors (Lipinski definition) is 4. The quantitative estimate of drug-likeness (QED) is 0.557. The minimum atomic E-state index is -0.572. The molecule has 3 aromatic rings. The van der Waals surface area contributed by atoms with Crippen molar-refractivity contribution < 1.29 is 19.1 Å². The van der Waals surface area contributed by atoms with Crippen LogP contribution in [0.15, 0.2) is 84.9 Å². The van der Waals surface area contributed by atoms with Gasteiger partial charge >= 0.3 is 0 Å². The summed E-state index contributed by atoms with van der Waals surface area (Å²) in [5.41, 5.74) is 2.08. The lowest BCUT2D eigenvalue weighted by molar-refractivity contribution is -0.128. The SMILES string of the molecule is CC(=O)[C@H](Cc1ccccc1)NC(=O)COc1ccc(OCc2ccccc2)cc1. The number of carbonyl (C=O) groups excluding carboxylic acids is 2. The summed E-state index contributed by atoms with van der Waals surface area (Å²) in [5.74, 6) is 0.845. The van der Waals surface area contributed by atoms with E-state index in [1.54, 1.807) is 24.3 Å². The summed E-state index contributed by atoms with van der Waals surface area (Å²) in [4.78, 5) is 24.1. The lowest BCUT2D eigenvalue weighted by atomic mass is 10.0. The van der Waals surface area contributed by atoms with Crippen LogP contribution in [0.5, 0.6) is 11.5 Å². The molecule has 0 aliphatic heterocycles. The molecule has 0 heterocycles. The molecule has 3 aromatic carbocycles. The van der Waals surface area contributed by atoms with Crippen LogP contribution < -0.4 is 14.8 Å². The molecule has 0 aliphatic carbocycles. The molecule has 1 atom stereocenters. The summed E-state index contributed by atoms with van der Waals surface area (Å²) in [7, 11) is 0. The van der Waals surface area contributed by atoms with E-state index in [0.717, 1.165) is 16.9 Å². The summed E-state index contributed by atoms with van der Waals surface area (Å²) in [6.45, 7) is 1.79. The van der Waals surface area contributed by atoms with Crippen molar-refractivity contribution in [1.82, 2.24) is 5.32 Å². The Morgan fingerprint density at radius 3 is 1.87 bits per heavy atom. The number of ether oxygens (including phenoxy) is 2. The molecule has 5 heteroatoms. The van der Waals surface area contributed by atoms with Gasteiger partial charge in [-0.25, -0.2) is 0 Å². The fourth-order valence-electron chi connectivity index (χ4n) is 2.90. The smallest absolute Gasteiger partial charge is 0.258 e. The summed E-state index contributed by atoms with van der Waals surface area (Å²) >= 11 is 0. The third-order valence-corrected chi connectivity index (χ3v) is 4.55. The molecule has 0 spiro atoms. The van der Waals surface area contributed by atoms with Crippen molar-refractivity contribution in [3.05, 3.63) is 96.1 Å². The fraction of sp³-hybridized carbons (Fsp3) is 0.200. The number of benzene rings is 3. The third kappa shape index (κ3) is 6.78. The number of amides is 1. The van der Waals surface area contributed by atoms with Crippen LogP contribution in [0.4, 0.5) is 0 Å². The summed E-state index contributed by atoms with van der Waals surface area (Å²) in [6.07, 6.45) is 0.454. The Morgan fingerprint density at radius 1 is 0.767 bits per heavy atom. The Bertz CT molecular complexity index is 940. The Hall–Kier alpha value is -3.60. The van der Waals surface area contributed by atoms with Gasteiger partial charge in [0.05, 0.1) is 6.04 Å². The van der Waals surface area contributed by atoms with E-state index in [-0.39, 0.29) is 18.3 Å². The van der Waals surface area contributed by atoms with Gasteiger partial charge in [-0.1, -0.05) is 60.7 Å². The minimum Gasteiger partial charge on any atom is -0.489 e. The second kappa shape index (κ2) is 10.8. The average molecular weight is 403 g/mol. The number of carbonyl (C=O) groups is 2. The maximum Gasteiger partial charge on any atom is 0.258 e. The highest BCUT2D eigenvalue weighted by Crippen LogP contribution is 2.18. The van der Waals surface area contributed by atoms with Gasteiger partial charge in [-0.05, 0) is 48.7 Å². The van der Waals surface area contributed by atoms with Crippen molar-refractivity contribution in [3.63, 3.8) is 0 Å². The minimum absolute atomic E-state index is 0.0906. The Balaban J connectivity index is 1.45. The van der Waals surface area contributed by atoms with E-state index in [0.29, 0.717) is 18.8 Å². The lowest BCUT2D eigenvalue weighted by Crippen LogP contribution is -2.43. The molecule has 0 unspecified atom stereocenters. The van der Waals surface area contributed by atoms with Crippen LogP contribution in [0.25, 0.3) is 0 Å². The van der Waals surface area contributed by atoms with Gasteiger partial charge in [0.15, 0.2) is 12.4 Å². The number of ketones is 1. The van der Waals surface area contributed by atoms with Gasteiger partial charge in [0.25, 0.3) is 5.91 Å². The lowest BCUT2D eigenvalue weighted by Gasteiger charge is -2.16. The van der Waals surface area contributed by atoms with Gasteiger partial charge in [-0.3, -0.25) is 9.59 Å². The topological polar surface area (TPSA) is 64.6 Å². The molecule has 1 N–H and O–H groups in total. The van der Waals surface area contributed by atoms with Crippen molar-refractivity contribution in [1.29, 1.82) is 0 Å². The predicted molar refractivity (Wildman–Crippen MR) is 115 cm³/mol. The Morgan fingerprint density at radius 2 is 1.30 bits per heavy atom. The Kier molecular flexibility index (Phi) is 7.61. The van der Waals surface area contributed by atoms with E-state index in [9.17, 15) is 9.59 Å².